The van der Waals surface area contributed by atoms with Crippen LogP contribution in [0.2, 0.25) is 0 Å². The van der Waals surface area contributed by atoms with Crippen molar-refractivity contribution in [2.24, 2.45) is 0 Å². The van der Waals surface area contributed by atoms with Gasteiger partial charge in [-0.05, 0) is 53.6 Å². The number of rotatable bonds is 3. The zero-order chi connectivity index (χ0) is 14.8. The zero-order valence-corrected chi connectivity index (χ0v) is 11.7. The number of nitrogens with one attached hydrogen (secondary N) is 1. The van der Waals surface area contributed by atoms with Crippen LogP contribution in [0.25, 0.3) is 16.6 Å². The first-order chi connectivity index (χ1) is 10.9. The Kier molecular flexibility index (Phi) is 3.01. The standard InChI is InChI=1S/C17H13N5/c1-2-7-18-16(3-1)21-17-12-13(4-8-19-17)14-6-10-22-15(11-14)5-9-20-22/h1-12H,(H,18,19,21). The lowest BCUT2D eigenvalue weighted by Gasteiger charge is -2.07. The molecule has 0 saturated heterocycles. The molecule has 0 aliphatic carbocycles. The third kappa shape index (κ3) is 2.40. The summed E-state index contributed by atoms with van der Waals surface area (Å²) in [6.07, 6.45) is 7.29. The van der Waals surface area contributed by atoms with Crippen LogP contribution in [0.15, 0.2) is 73.3 Å². The Bertz CT molecular complexity index is 914. The summed E-state index contributed by atoms with van der Waals surface area (Å²) in [7, 11) is 0. The van der Waals surface area contributed by atoms with E-state index < -0.39 is 0 Å². The van der Waals surface area contributed by atoms with Gasteiger partial charge in [0.2, 0.25) is 0 Å². The highest BCUT2D eigenvalue weighted by atomic mass is 15.2. The van der Waals surface area contributed by atoms with E-state index in [9.17, 15) is 0 Å². The van der Waals surface area contributed by atoms with Crippen LogP contribution in [0.3, 0.4) is 0 Å². The lowest BCUT2D eigenvalue weighted by Crippen LogP contribution is -1.95. The molecule has 0 radical (unpaired) electrons. The Morgan fingerprint density at radius 3 is 2.59 bits per heavy atom. The third-order valence-electron chi connectivity index (χ3n) is 3.41. The van der Waals surface area contributed by atoms with Gasteiger partial charge in [-0.3, -0.25) is 0 Å². The van der Waals surface area contributed by atoms with E-state index in [1.54, 1.807) is 18.6 Å². The molecule has 4 aromatic heterocycles. The van der Waals surface area contributed by atoms with Gasteiger partial charge < -0.3 is 5.32 Å². The van der Waals surface area contributed by atoms with E-state index >= 15 is 0 Å². The van der Waals surface area contributed by atoms with Crippen molar-refractivity contribution in [3.63, 3.8) is 0 Å². The first-order valence-corrected chi connectivity index (χ1v) is 6.96. The normalized spacial score (nSPS) is 10.7. The predicted molar refractivity (Wildman–Crippen MR) is 85.9 cm³/mol. The van der Waals surface area contributed by atoms with Gasteiger partial charge >= 0.3 is 0 Å². The molecule has 4 rings (SSSR count). The van der Waals surface area contributed by atoms with Gasteiger partial charge in [0.05, 0.1) is 5.52 Å². The topological polar surface area (TPSA) is 55.1 Å². The summed E-state index contributed by atoms with van der Waals surface area (Å²) in [6.45, 7) is 0. The number of nitrogens with zero attached hydrogens (tertiary/aromatic N) is 4. The van der Waals surface area contributed by atoms with E-state index in [1.807, 2.05) is 53.2 Å². The van der Waals surface area contributed by atoms with Crippen LogP contribution >= 0.6 is 0 Å². The SMILES string of the molecule is c1ccc(Nc2cc(-c3ccn4nccc4c3)ccn2)nc1. The van der Waals surface area contributed by atoms with Crippen molar-refractivity contribution in [1.29, 1.82) is 0 Å². The summed E-state index contributed by atoms with van der Waals surface area (Å²) in [5.41, 5.74) is 3.28. The Morgan fingerprint density at radius 2 is 1.68 bits per heavy atom. The Hall–Kier alpha value is -3.21. The molecule has 5 nitrogen and oxygen atoms in total. The van der Waals surface area contributed by atoms with Crippen LogP contribution in [0.4, 0.5) is 11.6 Å². The monoisotopic (exact) mass is 287 g/mol. The maximum atomic E-state index is 4.34. The molecular weight excluding hydrogens is 274 g/mol. The molecule has 4 aromatic rings. The van der Waals surface area contributed by atoms with Crippen LogP contribution in [0.1, 0.15) is 0 Å². The Morgan fingerprint density at radius 1 is 0.773 bits per heavy atom. The molecule has 0 aliphatic heterocycles. The Labute approximate surface area is 127 Å². The van der Waals surface area contributed by atoms with Crippen molar-refractivity contribution in [3.05, 3.63) is 73.3 Å². The van der Waals surface area contributed by atoms with E-state index in [0.29, 0.717) is 0 Å². The average molecular weight is 287 g/mol. The van der Waals surface area contributed by atoms with Gasteiger partial charge in [0.1, 0.15) is 11.6 Å². The summed E-state index contributed by atoms with van der Waals surface area (Å²) in [5, 5.41) is 7.42. The third-order valence-corrected chi connectivity index (χ3v) is 3.41. The van der Waals surface area contributed by atoms with Gasteiger partial charge in [-0.2, -0.15) is 5.10 Å². The fourth-order valence-corrected chi connectivity index (χ4v) is 2.35. The highest BCUT2D eigenvalue weighted by Crippen LogP contribution is 2.23. The highest BCUT2D eigenvalue weighted by molar-refractivity contribution is 5.71. The maximum Gasteiger partial charge on any atom is 0.132 e. The summed E-state index contributed by atoms with van der Waals surface area (Å²) in [4.78, 5) is 8.59. The number of aromatic nitrogens is 4. The molecule has 0 spiro atoms. The average Bonchev–Trinajstić information content (AvgIpc) is 3.04. The van der Waals surface area contributed by atoms with Crippen LogP contribution < -0.4 is 5.32 Å². The molecule has 4 heterocycles. The minimum atomic E-state index is 0.768. The molecule has 5 heteroatoms. The fourth-order valence-electron chi connectivity index (χ4n) is 2.35. The van der Waals surface area contributed by atoms with Gasteiger partial charge in [-0.15, -0.1) is 0 Å². The molecule has 1 N–H and O–H groups in total. The molecule has 0 fully saturated rings. The quantitative estimate of drug-likeness (QED) is 0.626. The predicted octanol–water partition coefficient (Wildman–Crippen LogP) is 3.53. The van der Waals surface area contributed by atoms with Crippen LogP contribution in [-0.2, 0) is 0 Å². The minimum absolute atomic E-state index is 0.768. The summed E-state index contributed by atoms with van der Waals surface area (Å²) in [5.74, 6) is 1.54. The van der Waals surface area contributed by atoms with Crippen molar-refractivity contribution in [2.45, 2.75) is 0 Å². The molecule has 0 aromatic carbocycles. The van der Waals surface area contributed by atoms with Crippen LogP contribution in [-0.4, -0.2) is 19.6 Å². The molecule has 0 atom stereocenters. The second-order valence-corrected chi connectivity index (χ2v) is 4.89. The number of pyridine rings is 3. The largest absolute Gasteiger partial charge is 0.325 e. The van der Waals surface area contributed by atoms with Crippen molar-refractivity contribution >= 4 is 17.2 Å². The van der Waals surface area contributed by atoms with E-state index in [2.05, 4.69) is 26.4 Å². The van der Waals surface area contributed by atoms with Crippen molar-refractivity contribution < 1.29 is 0 Å². The second-order valence-electron chi connectivity index (χ2n) is 4.89. The number of fused-ring (bicyclic) bond motifs is 1. The molecule has 0 unspecified atom stereocenters. The van der Waals surface area contributed by atoms with Gasteiger partial charge in [0.25, 0.3) is 0 Å². The van der Waals surface area contributed by atoms with E-state index in [1.165, 1.54) is 0 Å². The number of hydrogen-bond donors (Lipinski definition) is 1. The van der Waals surface area contributed by atoms with Crippen LogP contribution in [0, 0.1) is 0 Å². The van der Waals surface area contributed by atoms with Crippen molar-refractivity contribution in [3.8, 4) is 11.1 Å². The lowest BCUT2D eigenvalue weighted by atomic mass is 10.1. The maximum absolute atomic E-state index is 4.34. The zero-order valence-electron chi connectivity index (χ0n) is 11.7. The van der Waals surface area contributed by atoms with Crippen molar-refractivity contribution in [1.82, 2.24) is 19.6 Å². The molecule has 0 bridgehead atoms. The number of hydrogen-bond acceptors (Lipinski definition) is 4. The molecule has 106 valence electrons. The van der Waals surface area contributed by atoms with Gasteiger partial charge in [-0.25, -0.2) is 14.5 Å². The molecular formula is C17H13N5. The highest BCUT2D eigenvalue weighted by Gasteiger charge is 2.03. The van der Waals surface area contributed by atoms with E-state index in [4.69, 9.17) is 0 Å². The lowest BCUT2D eigenvalue weighted by molar-refractivity contribution is 0.962. The van der Waals surface area contributed by atoms with Gasteiger partial charge in [0.15, 0.2) is 0 Å². The fraction of sp³-hybridized carbons (Fsp3) is 0. The van der Waals surface area contributed by atoms with Gasteiger partial charge in [0, 0.05) is 24.8 Å². The Balaban J connectivity index is 1.69. The van der Waals surface area contributed by atoms with E-state index in [-0.39, 0.29) is 0 Å². The molecule has 0 aliphatic rings. The summed E-state index contributed by atoms with van der Waals surface area (Å²) >= 11 is 0. The molecule has 0 saturated carbocycles. The van der Waals surface area contributed by atoms with E-state index in [0.717, 1.165) is 28.3 Å². The smallest absolute Gasteiger partial charge is 0.132 e. The van der Waals surface area contributed by atoms with Crippen molar-refractivity contribution in [2.75, 3.05) is 5.32 Å². The minimum Gasteiger partial charge on any atom is -0.325 e. The number of anilines is 2. The summed E-state index contributed by atoms with van der Waals surface area (Å²) in [6, 6.07) is 15.9. The molecule has 22 heavy (non-hydrogen) atoms. The second kappa shape index (κ2) is 5.29. The first-order valence-electron chi connectivity index (χ1n) is 6.96. The molecule has 0 amide bonds. The van der Waals surface area contributed by atoms with Crippen LogP contribution in [0.5, 0.6) is 0 Å². The summed E-state index contributed by atoms with van der Waals surface area (Å²) < 4.78 is 1.84. The van der Waals surface area contributed by atoms with Gasteiger partial charge in [-0.1, -0.05) is 6.07 Å². The first kappa shape index (κ1) is 12.5.